The lowest BCUT2D eigenvalue weighted by Gasteiger charge is -2.36. The fourth-order valence-electron chi connectivity index (χ4n) is 8.70. The highest BCUT2D eigenvalue weighted by molar-refractivity contribution is 5.83. The first kappa shape index (κ1) is 34.2. The van der Waals surface area contributed by atoms with Gasteiger partial charge in [-0.3, -0.25) is 4.79 Å². The second kappa shape index (κ2) is 14.0. The highest BCUT2D eigenvalue weighted by Crippen LogP contribution is 2.45. The molecule has 5 aromatic carbocycles. The van der Waals surface area contributed by atoms with Crippen LogP contribution in [0, 0.1) is 6.92 Å². The molecular weight excluding hydrogens is 679 g/mol. The van der Waals surface area contributed by atoms with Crippen LogP contribution in [0.2, 0.25) is 0 Å². The van der Waals surface area contributed by atoms with Crippen molar-refractivity contribution >= 4 is 16.9 Å². The minimum absolute atomic E-state index is 0.104. The molecular formula is C47H41N7O. The van der Waals surface area contributed by atoms with Gasteiger partial charge < -0.3 is 4.57 Å². The fraction of sp³-hybridized carbons (Fsp3) is 0.191. The monoisotopic (exact) mass is 719 g/mol. The van der Waals surface area contributed by atoms with Crippen molar-refractivity contribution in [1.82, 2.24) is 34.7 Å². The first-order chi connectivity index (χ1) is 27.0. The summed E-state index contributed by atoms with van der Waals surface area (Å²) in [5.74, 6) is 1.79. The van der Waals surface area contributed by atoms with Crippen molar-refractivity contribution in [3.63, 3.8) is 0 Å². The molecule has 8 aromatic rings. The number of carbonyl (C=O) groups excluding carboxylic acids is 1. The molecule has 0 spiro atoms. The summed E-state index contributed by atoms with van der Waals surface area (Å²) in [6.07, 6.45) is 2.99. The van der Waals surface area contributed by atoms with E-state index in [0.717, 1.165) is 80.9 Å². The van der Waals surface area contributed by atoms with E-state index in [4.69, 9.17) is 20.3 Å². The molecule has 1 atom stereocenters. The maximum atomic E-state index is 12.1. The SMILES string of the molecule is CCc1nc2c(C)cc(CC(C)=O)nc2n1C1CCc2cc(-c3ccccc3-c3nnnn3C(c3ccccc3)(c3ccccc3)c3ccccc3)ccc21. The predicted octanol–water partition coefficient (Wildman–Crippen LogP) is 9.13. The maximum absolute atomic E-state index is 12.1. The van der Waals surface area contributed by atoms with E-state index in [1.54, 1.807) is 6.92 Å². The number of rotatable bonds is 10. The number of imidazole rings is 1. The van der Waals surface area contributed by atoms with Gasteiger partial charge in [0.15, 0.2) is 11.5 Å². The van der Waals surface area contributed by atoms with Crippen LogP contribution < -0.4 is 0 Å². The summed E-state index contributed by atoms with van der Waals surface area (Å²) >= 11 is 0. The van der Waals surface area contributed by atoms with Gasteiger partial charge in [0.25, 0.3) is 0 Å². The summed E-state index contributed by atoms with van der Waals surface area (Å²) in [5, 5.41) is 14.0. The molecule has 0 N–H and O–H groups in total. The molecule has 1 aliphatic carbocycles. The van der Waals surface area contributed by atoms with Crippen LogP contribution in [0.4, 0.5) is 0 Å². The van der Waals surface area contributed by atoms with Crippen LogP contribution in [-0.4, -0.2) is 40.5 Å². The van der Waals surface area contributed by atoms with Gasteiger partial charge in [-0.25, -0.2) is 14.6 Å². The van der Waals surface area contributed by atoms with Crippen LogP contribution in [-0.2, 0) is 29.6 Å². The number of aromatic nitrogens is 7. The third-order valence-corrected chi connectivity index (χ3v) is 11.1. The molecule has 9 rings (SSSR count). The van der Waals surface area contributed by atoms with Crippen molar-refractivity contribution in [2.45, 2.75) is 58.0 Å². The number of pyridine rings is 1. The highest BCUT2D eigenvalue weighted by atomic mass is 16.1. The molecule has 55 heavy (non-hydrogen) atoms. The van der Waals surface area contributed by atoms with Crippen molar-refractivity contribution in [2.24, 2.45) is 0 Å². The molecule has 0 fully saturated rings. The van der Waals surface area contributed by atoms with Crippen molar-refractivity contribution < 1.29 is 4.79 Å². The van der Waals surface area contributed by atoms with E-state index in [9.17, 15) is 4.79 Å². The van der Waals surface area contributed by atoms with Crippen LogP contribution in [0.1, 0.15) is 71.2 Å². The largest absolute Gasteiger partial charge is 0.305 e. The van der Waals surface area contributed by atoms with E-state index in [-0.39, 0.29) is 11.8 Å². The fourth-order valence-corrected chi connectivity index (χ4v) is 8.70. The van der Waals surface area contributed by atoms with Gasteiger partial charge in [0, 0.05) is 18.4 Å². The summed E-state index contributed by atoms with van der Waals surface area (Å²) in [5.41, 5.74) is 11.6. The molecule has 8 heteroatoms. The summed E-state index contributed by atoms with van der Waals surface area (Å²) in [6, 6.07) is 48.9. The Labute approximate surface area is 320 Å². The molecule has 3 aromatic heterocycles. The third kappa shape index (κ3) is 5.76. The Morgan fingerprint density at radius 3 is 2.00 bits per heavy atom. The number of fused-ring (bicyclic) bond motifs is 2. The molecule has 3 heterocycles. The molecule has 0 saturated heterocycles. The molecule has 1 aliphatic rings. The molecule has 0 amide bonds. The number of nitrogens with zero attached hydrogens (tertiary/aromatic N) is 7. The first-order valence-corrected chi connectivity index (χ1v) is 19.0. The van der Waals surface area contributed by atoms with Crippen LogP contribution in [0.15, 0.2) is 140 Å². The average Bonchev–Trinajstić information content (AvgIpc) is 3.97. The molecule has 0 aliphatic heterocycles. The van der Waals surface area contributed by atoms with Gasteiger partial charge in [-0.15, -0.1) is 5.10 Å². The molecule has 0 bridgehead atoms. The van der Waals surface area contributed by atoms with E-state index in [0.29, 0.717) is 12.2 Å². The minimum atomic E-state index is -0.859. The second-order valence-electron chi connectivity index (χ2n) is 14.5. The van der Waals surface area contributed by atoms with Crippen LogP contribution in [0.5, 0.6) is 0 Å². The number of benzene rings is 5. The molecule has 1 unspecified atom stereocenters. The Kier molecular flexibility index (Phi) is 8.73. The Morgan fingerprint density at radius 2 is 1.38 bits per heavy atom. The lowest BCUT2D eigenvalue weighted by Crippen LogP contribution is -2.39. The number of hydrogen-bond donors (Lipinski definition) is 0. The maximum Gasteiger partial charge on any atom is 0.184 e. The van der Waals surface area contributed by atoms with Gasteiger partial charge in [0.2, 0.25) is 0 Å². The molecule has 270 valence electrons. The van der Waals surface area contributed by atoms with Crippen molar-refractivity contribution in [3.8, 4) is 22.5 Å². The standard InChI is InChI=1S/C47H41N7O/c1-4-43-49-44-31(2)28-38(29-32(3)55)48-46(44)53(43)42-27-25-34-30-33(24-26-40(34)42)39-22-14-15-23-41(39)45-50-51-52-54(45)47(35-16-8-5-9-17-35,36-18-10-6-11-19-36)37-20-12-7-13-21-37/h5-24,26,28,30,42H,4,25,27,29H2,1-3H3. The number of aryl methyl sites for hydroxylation is 3. The minimum Gasteiger partial charge on any atom is -0.305 e. The van der Waals surface area contributed by atoms with E-state index in [1.807, 2.05) is 28.9 Å². The van der Waals surface area contributed by atoms with Crippen molar-refractivity contribution in [2.75, 3.05) is 0 Å². The van der Waals surface area contributed by atoms with Crippen LogP contribution in [0.3, 0.4) is 0 Å². The summed E-state index contributed by atoms with van der Waals surface area (Å²) in [4.78, 5) is 22.1. The zero-order valence-electron chi connectivity index (χ0n) is 31.2. The van der Waals surface area contributed by atoms with E-state index in [1.165, 1.54) is 11.1 Å². The summed E-state index contributed by atoms with van der Waals surface area (Å²) in [6.45, 7) is 5.83. The van der Waals surface area contributed by atoms with Gasteiger partial charge >= 0.3 is 0 Å². The molecule has 8 nitrogen and oxygen atoms in total. The second-order valence-corrected chi connectivity index (χ2v) is 14.5. The predicted molar refractivity (Wildman–Crippen MR) is 216 cm³/mol. The number of carbonyl (C=O) groups is 1. The van der Waals surface area contributed by atoms with Gasteiger partial charge in [-0.05, 0) is 87.7 Å². The summed E-state index contributed by atoms with van der Waals surface area (Å²) < 4.78 is 4.33. The Balaban J connectivity index is 1.18. The quantitative estimate of drug-likeness (QED) is 0.131. The number of tetrazole rings is 1. The van der Waals surface area contributed by atoms with Gasteiger partial charge in [-0.2, -0.15) is 0 Å². The highest BCUT2D eigenvalue weighted by Gasteiger charge is 2.42. The smallest absolute Gasteiger partial charge is 0.184 e. The lowest BCUT2D eigenvalue weighted by atomic mass is 9.77. The average molecular weight is 720 g/mol. The van der Waals surface area contributed by atoms with Crippen molar-refractivity contribution in [1.29, 1.82) is 0 Å². The van der Waals surface area contributed by atoms with E-state index >= 15 is 0 Å². The lowest BCUT2D eigenvalue weighted by molar-refractivity contribution is -0.116. The number of ketones is 1. The van der Waals surface area contributed by atoms with Gasteiger partial charge in [0.05, 0.1) is 11.7 Å². The third-order valence-electron chi connectivity index (χ3n) is 11.1. The zero-order valence-corrected chi connectivity index (χ0v) is 31.2. The molecule has 0 saturated carbocycles. The van der Waals surface area contributed by atoms with E-state index < -0.39 is 5.54 Å². The summed E-state index contributed by atoms with van der Waals surface area (Å²) in [7, 11) is 0. The van der Waals surface area contributed by atoms with E-state index in [2.05, 4.69) is 139 Å². The molecule has 0 radical (unpaired) electrons. The van der Waals surface area contributed by atoms with Crippen LogP contribution >= 0.6 is 0 Å². The zero-order chi connectivity index (χ0) is 37.5. The normalized spacial score (nSPS) is 14.0. The first-order valence-electron chi connectivity index (χ1n) is 19.0. The Bertz CT molecular complexity index is 2570. The van der Waals surface area contributed by atoms with Gasteiger partial charge in [0.1, 0.15) is 22.7 Å². The number of Topliss-reactive ketones (excluding diaryl/α,β-unsaturated/α-hetero) is 1. The van der Waals surface area contributed by atoms with Crippen LogP contribution in [0.25, 0.3) is 33.7 Å². The Hall–Kier alpha value is -6.54. The van der Waals surface area contributed by atoms with Gasteiger partial charge in [-0.1, -0.05) is 140 Å². The van der Waals surface area contributed by atoms with Crippen molar-refractivity contribution in [3.05, 3.63) is 184 Å². The number of hydrogen-bond acceptors (Lipinski definition) is 6. The Morgan fingerprint density at radius 1 is 0.764 bits per heavy atom. The topological polar surface area (TPSA) is 91.4 Å².